The van der Waals surface area contributed by atoms with Crippen molar-refractivity contribution >= 4 is 17.3 Å². The first kappa shape index (κ1) is 13.9. The molecule has 1 N–H and O–H groups in total. The highest BCUT2D eigenvalue weighted by molar-refractivity contribution is 6.31. The van der Waals surface area contributed by atoms with E-state index in [-0.39, 0.29) is 11.9 Å². The summed E-state index contributed by atoms with van der Waals surface area (Å²) in [5, 5.41) is 4.12. The third kappa shape index (κ3) is 3.97. The van der Waals surface area contributed by atoms with Crippen LogP contribution in [-0.4, -0.2) is 6.04 Å². The van der Waals surface area contributed by atoms with Crippen molar-refractivity contribution in [1.82, 2.24) is 0 Å². The van der Waals surface area contributed by atoms with Gasteiger partial charge in [-0.15, -0.1) is 0 Å². The molecule has 0 saturated carbocycles. The highest BCUT2D eigenvalue weighted by Gasteiger charge is 2.05. The van der Waals surface area contributed by atoms with Gasteiger partial charge in [0.1, 0.15) is 5.82 Å². The molecule has 3 heteroatoms. The summed E-state index contributed by atoms with van der Waals surface area (Å²) in [5.74, 6) is -0.192. The van der Waals surface area contributed by atoms with Gasteiger partial charge in [-0.2, -0.15) is 0 Å². The van der Waals surface area contributed by atoms with Gasteiger partial charge in [-0.3, -0.25) is 0 Å². The van der Waals surface area contributed by atoms with E-state index in [4.69, 9.17) is 11.6 Å². The van der Waals surface area contributed by atoms with Crippen LogP contribution in [0.5, 0.6) is 0 Å². The summed E-state index contributed by atoms with van der Waals surface area (Å²) in [6, 6.07) is 12.8. The molecule has 1 unspecified atom stereocenters. The van der Waals surface area contributed by atoms with E-state index < -0.39 is 0 Å². The van der Waals surface area contributed by atoms with Gasteiger partial charge >= 0.3 is 0 Å². The Hall–Kier alpha value is -1.54. The summed E-state index contributed by atoms with van der Waals surface area (Å²) in [7, 11) is 0. The Labute approximate surface area is 118 Å². The summed E-state index contributed by atoms with van der Waals surface area (Å²) in [5.41, 5.74) is 3.03. The molecule has 2 rings (SSSR count). The minimum absolute atomic E-state index is 0.192. The van der Waals surface area contributed by atoms with E-state index in [1.165, 1.54) is 6.07 Å². The fraction of sp³-hybridized carbons (Fsp3) is 0.250. The van der Waals surface area contributed by atoms with Crippen LogP contribution in [0.15, 0.2) is 42.5 Å². The van der Waals surface area contributed by atoms with E-state index in [0.717, 1.165) is 28.3 Å². The highest BCUT2D eigenvalue weighted by atomic mass is 35.5. The van der Waals surface area contributed by atoms with Crippen molar-refractivity contribution in [3.63, 3.8) is 0 Å². The van der Waals surface area contributed by atoms with E-state index in [1.54, 1.807) is 12.1 Å². The maximum Gasteiger partial charge on any atom is 0.123 e. The second kappa shape index (κ2) is 6.07. The Morgan fingerprint density at radius 1 is 1.21 bits per heavy atom. The second-order valence-electron chi connectivity index (χ2n) is 4.84. The fourth-order valence-corrected chi connectivity index (χ4v) is 2.22. The largest absolute Gasteiger partial charge is 0.382 e. The first-order valence-corrected chi connectivity index (χ1v) is 6.69. The van der Waals surface area contributed by atoms with Crippen molar-refractivity contribution in [2.24, 2.45) is 0 Å². The summed E-state index contributed by atoms with van der Waals surface area (Å²) in [4.78, 5) is 0. The molecule has 0 radical (unpaired) electrons. The fourth-order valence-electron chi connectivity index (χ4n) is 2.04. The molecule has 2 aromatic carbocycles. The van der Waals surface area contributed by atoms with Crippen LogP contribution in [-0.2, 0) is 6.42 Å². The minimum atomic E-state index is -0.192. The number of rotatable bonds is 4. The molecule has 0 aliphatic rings. The van der Waals surface area contributed by atoms with Crippen molar-refractivity contribution in [2.75, 3.05) is 5.32 Å². The number of nitrogens with one attached hydrogen (secondary N) is 1. The molecular formula is C16H17ClFN. The molecule has 0 aromatic heterocycles. The van der Waals surface area contributed by atoms with E-state index in [2.05, 4.69) is 12.2 Å². The molecule has 19 heavy (non-hydrogen) atoms. The number of hydrogen-bond donors (Lipinski definition) is 1. The smallest absolute Gasteiger partial charge is 0.123 e. The zero-order valence-corrected chi connectivity index (χ0v) is 11.8. The lowest BCUT2D eigenvalue weighted by Gasteiger charge is -2.16. The molecule has 0 aliphatic carbocycles. The van der Waals surface area contributed by atoms with Gasteiger partial charge in [-0.25, -0.2) is 4.39 Å². The van der Waals surface area contributed by atoms with E-state index in [0.29, 0.717) is 0 Å². The SMILES string of the molecule is Cc1ccc(NC(C)Cc2cccc(F)c2)cc1Cl. The average Bonchev–Trinajstić information content (AvgIpc) is 2.34. The Kier molecular flexibility index (Phi) is 4.43. The lowest BCUT2D eigenvalue weighted by molar-refractivity contribution is 0.624. The number of aryl methyl sites for hydroxylation is 1. The summed E-state index contributed by atoms with van der Waals surface area (Å²) in [6.07, 6.45) is 0.767. The van der Waals surface area contributed by atoms with Crippen molar-refractivity contribution in [2.45, 2.75) is 26.3 Å². The van der Waals surface area contributed by atoms with E-state index in [9.17, 15) is 4.39 Å². The van der Waals surface area contributed by atoms with Gasteiger partial charge in [0.2, 0.25) is 0 Å². The third-order valence-electron chi connectivity index (χ3n) is 3.02. The second-order valence-corrected chi connectivity index (χ2v) is 5.25. The number of benzene rings is 2. The molecule has 100 valence electrons. The molecule has 0 saturated heterocycles. The van der Waals surface area contributed by atoms with Gasteiger partial charge in [-0.05, 0) is 55.7 Å². The molecule has 0 bridgehead atoms. The predicted octanol–water partition coefficient (Wildman–Crippen LogP) is 4.83. The monoisotopic (exact) mass is 277 g/mol. The van der Waals surface area contributed by atoms with Crippen LogP contribution < -0.4 is 5.32 Å². The maximum atomic E-state index is 13.1. The van der Waals surface area contributed by atoms with Gasteiger partial charge in [0.25, 0.3) is 0 Å². The van der Waals surface area contributed by atoms with E-state index in [1.807, 2.05) is 31.2 Å². The van der Waals surface area contributed by atoms with Crippen LogP contribution >= 0.6 is 11.6 Å². The predicted molar refractivity (Wildman–Crippen MR) is 79.4 cm³/mol. The Bertz CT molecular complexity index is 568. The number of halogens is 2. The van der Waals surface area contributed by atoms with Crippen molar-refractivity contribution < 1.29 is 4.39 Å². The van der Waals surface area contributed by atoms with Crippen LogP contribution in [0.4, 0.5) is 10.1 Å². The summed E-state index contributed by atoms with van der Waals surface area (Å²) < 4.78 is 13.1. The molecule has 1 nitrogen and oxygen atoms in total. The maximum absolute atomic E-state index is 13.1. The first-order chi connectivity index (χ1) is 9.04. The van der Waals surface area contributed by atoms with Gasteiger partial charge in [0.05, 0.1) is 0 Å². The van der Waals surface area contributed by atoms with Gasteiger partial charge in [0.15, 0.2) is 0 Å². The van der Waals surface area contributed by atoms with Crippen molar-refractivity contribution in [3.8, 4) is 0 Å². The Morgan fingerprint density at radius 2 is 2.00 bits per heavy atom. The molecule has 1 atom stereocenters. The van der Waals surface area contributed by atoms with Crippen LogP contribution in [0, 0.1) is 12.7 Å². The lowest BCUT2D eigenvalue weighted by atomic mass is 10.1. The highest BCUT2D eigenvalue weighted by Crippen LogP contribution is 2.21. The zero-order valence-electron chi connectivity index (χ0n) is 11.1. The normalized spacial score (nSPS) is 12.2. The van der Waals surface area contributed by atoms with Crippen LogP contribution in [0.2, 0.25) is 5.02 Å². The topological polar surface area (TPSA) is 12.0 Å². The molecule has 0 fully saturated rings. The first-order valence-electron chi connectivity index (χ1n) is 6.32. The molecule has 2 aromatic rings. The van der Waals surface area contributed by atoms with Crippen molar-refractivity contribution in [1.29, 1.82) is 0 Å². The van der Waals surface area contributed by atoms with Gasteiger partial charge in [0, 0.05) is 16.8 Å². The van der Waals surface area contributed by atoms with Gasteiger partial charge in [-0.1, -0.05) is 29.8 Å². The molecular weight excluding hydrogens is 261 g/mol. The minimum Gasteiger partial charge on any atom is -0.382 e. The Morgan fingerprint density at radius 3 is 2.68 bits per heavy atom. The summed E-state index contributed by atoms with van der Waals surface area (Å²) >= 11 is 6.09. The zero-order chi connectivity index (χ0) is 13.8. The quantitative estimate of drug-likeness (QED) is 0.844. The third-order valence-corrected chi connectivity index (χ3v) is 3.42. The molecule has 0 spiro atoms. The Balaban J connectivity index is 2.01. The van der Waals surface area contributed by atoms with E-state index >= 15 is 0 Å². The average molecular weight is 278 g/mol. The molecule has 0 aliphatic heterocycles. The molecule has 0 amide bonds. The van der Waals surface area contributed by atoms with Crippen LogP contribution in [0.3, 0.4) is 0 Å². The number of hydrogen-bond acceptors (Lipinski definition) is 1. The van der Waals surface area contributed by atoms with Crippen LogP contribution in [0.25, 0.3) is 0 Å². The summed E-state index contributed by atoms with van der Waals surface area (Å²) in [6.45, 7) is 4.04. The standard InChI is InChI=1S/C16H17ClFN/c1-11-6-7-15(10-16(11)17)19-12(2)8-13-4-3-5-14(18)9-13/h3-7,9-10,12,19H,8H2,1-2H3. The molecule has 0 heterocycles. The van der Waals surface area contributed by atoms with Crippen LogP contribution in [0.1, 0.15) is 18.1 Å². The number of anilines is 1. The lowest BCUT2D eigenvalue weighted by Crippen LogP contribution is -2.18. The van der Waals surface area contributed by atoms with Gasteiger partial charge < -0.3 is 5.32 Å². The van der Waals surface area contributed by atoms with Crippen molar-refractivity contribution in [3.05, 3.63) is 64.4 Å².